The SMILES string of the molecule is CCOC(=O)c1cn(-c2cnc(C(F)(F)F)nc2)nc1OC.COc1nn(-c2cnc(C(F)(F)F)nc2)cc1CO. The maximum Gasteiger partial charge on any atom is 0.451 e. The Kier molecular flexibility index (Phi) is 9.43. The van der Waals surface area contributed by atoms with Crippen molar-refractivity contribution in [3.05, 3.63) is 60.0 Å². The van der Waals surface area contributed by atoms with E-state index in [-0.39, 0.29) is 41.9 Å². The molecule has 41 heavy (non-hydrogen) atoms. The van der Waals surface area contributed by atoms with E-state index < -0.39 is 30.0 Å². The van der Waals surface area contributed by atoms with Gasteiger partial charge in [0.2, 0.25) is 23.4 Å². The topological polar surface area (TPSA) is 152 Å². The van der Waals surface area contributed by atoms with Crippen LogP contribution < -0.4 is 9.47 Å². The normalized spacial score (nSPS) is 11.5. The summed E-state index contributed by atoms with van der Waals surface area (Å²) in [6.45, 7) is 1.50. The average molecular weight is 590 g/mol. The van der Waals surface area contributed by atoms with Crippen molar-refractivity contribution in [3.63, 3.8) is 0 Å². The summed E-state index contributed by atoms with van der Waals surface area (Å²) in [6.07, 6.45) is -2.66. The third kappa shape index (κ3) is 7.44. The number of aromatic nitrogens is 8. The zero-order valence-corrected chi connectivity index (χ0v) is 21.3. The molecule has 4 rings (SSSR count). The fourth-order valence-electron chi connectivity index (χ4n) is 2.97. The number of alkyl halides is 6. The molecule has 0 bridgehead atoms. The van der Waals surface area contributed by atoms with Gasteiger partial charge in [0.15, 0.2) is 0 Å². The molecule has 0 aliphatic heterocycles. The Balaban J connectivity index is 0.000000228. The molecule has 220 valence electrons. The molecule has 0 amide bonds. The monoisotopic (exact) mass is 590 g/mol. The molecule has 0 radical (unpaired) electrons. The Bertz CT molecular complexity index is 1430. The molecular formula is C22H20F6N8O5. The van der Waals surface area contributed by atoms with Gasteiger partial charge in [0.05, 0.1) is 57.8 Å². The number of nitrogens with zero attached hydrogens (tertiary/aromatic N) is 8. The molecule has 0 unspecified atom stereocenters. The summed E-state index contributed by atoms with van der Waals surface area (Å²) in [5.41, 5.74) is 0.819. The first-order valence-electron chi connectivity index (χ1n) is 11.2. The van der Waals surface area contributed by atoms with Crippen molar-refractivity contribution in [2.45, 2.75) is 25.9 Å². The summed E-state index contributed by atoms with van der Waals surface area (Å²) in [5.74, 6) is -2.97. The van der Waals surface area contributed by atoms with E-state index in [0.29, 0.717) is 5.56 Å². The molecule has 4 aromatic heterocycles. The van der Waals surface area contributed by atoms with Crippen molar-refractivity contribution in [3.8, 4) is 23.1 Å². The standard InChI is InChI=1S/C12H11F3N4O3.C10H9F3N4O2/c1-3-22-10(20)8-6-19(18-9(8)21-2)7-4-16-11(17-5-7)12(13,14)15;1-19-8-6(5-18)4-17(16-8)7-2-14-9(15-3-7)10(11,12)13/h4-6H,3H2,1-2H3;2-4,18H,5H2,1H3. The Morgan fingerprint density at radius 2 is 1.24 bits per heavy atom. The van der Waals surface area contributed by atoms with Crippen molar-refractivity contribution >= 4 is 5.97 Å². The maximum atomic E-state index is 12.4. The van der Waals surface area contributed by atoms with Gasteiger partial charge in [-0.05, 0) is 6.92 Å². The average Bonchev–Trinajstić information content (AvgIpc) is 3.57. The van der Waals surface area contributed by atoms with Crippen molar-refractivity contribution in [1.82, 2.24) is 39.5 Å². The number of esters is 1. The number of carbonyl (C=O) groups excluding carboxylic acids is 1. The Morgan fingerprint density at radius 1 is 0.805 bits per heavy atom. The van der Waals surface area contributed by atoms with Crippen molar-refractivity contribution in [2.24, 2.45) is 0 Å². The number of carbonyl (C=O) groups is 1. The van der Waals surface area contributed by atoms with E-state index >= 15 is 0 Å². The molecule has 4 aromatic rings. The molecule has 4 heterocycles. The molecule has 0 saturated carbocycles. The molecule has 0 spiro atoms. The van der Waals surface area contributed by atoms with Crippen molar-refractivity contribution in [2.75, 3.05) is 20.8 Å². The molecule has 0 fully saturated rings. The largest absolute Gasteiger partial charge is 0.480 e. The van der Waals surface area contributed by atoms with Crippen LogP contribution in [-0.4, -0.2) is 71.4 Å². The number of ether oxygens (including phenoxy) is 3. The number of methoxy groups -OCH3 is 2. The van der Waals surface area contributed by atoms with Gasteiger partial charge in [-0.25, -0.2) is 34.1 Å². The number of rotatable bonds is 7. The Morgan fingerprint density at radius 3 is 1.61 bits per heavy atom. The number of hydrogen-bond donors (Lipinski definition) is 1. The fraction of sp³-hybridized carbons (Fsp3) is 0.318. The summed E-state index contributed by atoms with van der Waals surface area (Å²) in [4.78, 5) is 24.6. The molecule has 0 aliphatic rings. The second kappa shape index (κ2) is 12.6. The van der Waals surface area contributed by atoms with E-state index in [0.717, 1.165) is 29.5 Å². The molecule has 0 atom stereocenters. The van der Waals surface area contributed by atoms with Gasteiger partial charge in [0.25, 0.3) is 0 Å². The van der Waals surface area contributed by atoms with Crippen LogP contribution in [0.3, 0.4) is 0 Å². The van der Waals surface area contributed by atoms with Gasteiger partial charge in [0.1, 0.15) is 16.9 Å². The number of hydrogen-bond acceptors (Lipinski definition) is 11. The van der Waals surface area contributed by atoms with E-state index in [1.165, 1.54) is 31.3 Å². The van der Waals surface area contributed by atoms with Gasteiger partial charge in [-0.1, -0.05) is 0 Å². The van der Waals surface area contributed by atoms with Crippen molar-refractivity contribution in [1.29, 1.82) is 0 Å². The van der Waals surface area contributed by atoms with Gasteiger partial charge in [-0.2, -0.15) is 26.3 Å². The summed E-state index contributed by atoms with van der Waals surface area (Å²) in [7, 11) is 2.67. The van der Waals surface area contributed by atoms with Crippen LogP contribution in [0.15, 0.2) is 37.2 Å². The zero-order chi connectivity index (χ0) is 30.4. The van der Waals surface area contributed by atoms with E-state index in [1.807, 2.05) is 0 Å². The smallest absolute Gasteiger partial charge is 0.451 e. The highest BCUT2D eigenvalue weighted by Gasteiger charge is 2.35. The number of aliphatic hydroxyl groups is 1. The lowest BCUT2D eigenvalue weighted by atomic mass is 10.3. The third-order valence-electron chi connectivity index (χ3n) is 4.80. The molecule has 13 nitrogen and oxygen atoms in total. The first-order chi connectivity index (χ1) is 19.3. The lowest BCUT2D eigenvalue weighted by Gasteiger charge is -2.05. The van der Waals surface area contributed by atoms with Gasteiger partial charge in [-0.15, -0.1) is 10.2 Å². The van der Waals surface area contributed by atoms with Gasteiger partial charge in [-0.3, -0.25) is 0 Å². The van der Waals surface area contributed by atoms with E-state index in [4.69, 9.17) is 19.3 Å². The predicted octanol–water partition coefficient (Wildman–Crippen LogP) is 3.05. The van der Waals surface area contributed by atoms with Crippen LogP contribution in [-0.2, 0) is 23.7 Å². The minimum Gasteiger partial charge on any atom is -0.480 e. The lowest BCUT2D eigenvalue weighted by Crippen LogP contribution is -2.11. The number of halogens is 6. The van der Waals surface area contributed by atoms with Crippen LogP contribution in [0.25, 0.3) is 11.4 Å². The van der Waals surface area contributed by atoms with Crippen molar-refractivity contribution < 1.29 is 50.5 Å². The maximum absolute atomic E-state index is 12.4. The first kappa shape index (κ1) is 30.7. The summed E-state index contributed by atoms with van der Waals surface area (Å²) in [6, 6.07) is 0. The Hall–Kier alpha value is -4.81. The molecule has 1 N–H and O–H groups in total. The van der Waals surface area contributed by atoms with Gasteiger partial charge in [0, 0.05) is 12.4 Å². The van der Waals surface area contributed by atoms with Crippen LogP contribution in [0.4, 0.5) is 26.3 Å². The van der Waals surface area contributed by atoms with Gasteiger partial charge < -0.3 is 19.3 Å². The number of aliphatic hydroxyl groups excluding tert-OH is 1. The highest BCUT2D eigenvalue weighted by Crippen LogP contribution is 2.27. The van der Waals surface area contributed by atoms with Gasteiger partial charge >= 0.3 is 18.3 Å². The van der Waals surface area contributed by atoms with Crippen LogP contribution >= 0.6 is 0 Å². The fourth-order valence-corrected chi connectivity index (χ4v) is 2.97. The Labute approximate surface area is 226 Å². The quantitative estimate of drug-likeness (QED) is 0.250. The van der Waals surface area contributed by atoms with Crippen LogP contribution in [0.2, 0.25) is 0 Å². The third-order valence-corrected chi connectivity index (χ3v) is 4.80. The van der Waals surface area contributed by atoms with Crippen LogP contribution in [0.1, 0.15) is 34.5 Å². The summed E-state index contributed by atoms with van der Waals surface area (Å²) in [5, 5.41) is 16.9. The predicted molar refractivity (Wildman–Crippen MR) is 123 cm³/mol. The highest BCUT2D eigenvalue weighted by atomic mass is 19.4. The molecule has 0 saturated heterocycles. The van der Waals surface area contributed by atoms with Crippen LogP contribution in [0, 0.1) is 0 Å². The zero-order valence-electron chi connectivity index (χ0n) is 21.3. The lowest BCUT2D eigenvalue weighted by molar-refractivity contribution is -0.145. The van der Waals surface area contributed by atoms with E-state index in [1.54, 1.807) is 6.92 Å². The van der Waals surface area contributed by atoms with Crippen LogP contribution in [0.5, 0.6) is 11.8 Å². The second-order valence-electron chi connectivity index (χ2n) is 7.51. The van der Waals surface area contributed by atoms with E-state index in [2.05, 4.69) is 30.1 Å². The summed E-state index contributed by atoms with van der Waals surface area (Å²) >= 11 is 0. The summed E-state index contributed by atoms with van der Waals surface area (Å²) < 4.78 is 91.1. The molecule has 0 aliphatic carbocycles. The molecule has 19 heteroatoms. The van der Waals surface area contributed by atoms with E-state index in [9.17, 15) is 31.1 Å². The second-order valence-corrected chi connectivity index (χ2v) is 7.51. The molecular weight excluding hydrogens is 570 g/mol. The molecule has 0 aromatic carbocycles. The minimum absolute atomic E-state index is 0.0154. The highest BCUT2D eigenvalue weighted by molar-refractivity contribution is 5.91. The first-order valence-corrected chi connectivity index (χ1v) is 11.2. The minimum atomic E-state index is -4.63.